The minimum absolute atomic E-state index is 0.114. The van der Waals surface area contributed by atoms with Gasteiger partial charge in [-0.1, -0.05) is 88.6 Å². The molecule has 1 aromatic heterocycles. The van der Waals surface area contributed by atoms with Crippen molar-refractivity contribution in [2.45, 2.75) is 25.9 Å². The Bertz CT molecular complexity index is 1380. The van der Waals surface area contributed by atoms with Crippen LogP contribution in [0, 0.1) is 13.8 Å². The molecule has 0 bridgehead atoms. The number of carbonyl (C=O) groups is 1. The summed E-state index contributed by atoms with van der Waals surface area (Å²) in [6.07, 6.45) is 0. The van der Waals surface area contributed by atoms with Crippen molar-refractivity contribution in [3.63, 3.8) is 0 Å². The summed E-state index contributed by atoms with van der Waals surface area (Å²) in [5.74, 6) is 0.557. The molecule has 178 valence electrons. The molecule has 6 nitrogen and oxygen atoms in total. The first-order chi connectivity index (χ1) is 16.8. The zero-order valence-electron chi connectivity index (χ0n) is 19.4. The molecule has 0 spiro atoms. The number of hydrogen-bond donors (Lipinski definition) is 1. The van der Waals surface area contributed by atoms with Crippen LogP contribution in [0.2, 0.25) is 10.0 Å². The quantitative estimate of drug-likeness (QED) is 0.170. The van der Waals surface area contributed by atoms with E-state index >= 15 is 0 Å². The molecule has 4 rings (SSSR count). The SMILES string of the molecule is CC(=NNC(=O)CSc1nnc(-c2ccc(C)cc2)n1-c1ccc(C)cc1)c1ccc(Cl)cc1Cl. The molecular weight excluding hydrogens is 501 g/mol. The Morgan fingerprint density at radius 2 is 1.63 bits per heavy atom. The summed E-state index contributed by atoms with van der Waals surface area (Å²) in [7, 11) is 0. The van der Waals surface area contributed by atoms with Gasteiger partial charge >= 0.3 is 0 Å². The highest BCUT2D eigenvalue weighted by molar-refractivity contribution is 7.99. The highest BCUT2D eigenvalue weighted by Crippen LogP contribution is 2.28. The van der Waals surface area contributed by atoms with Gasteiger partial charge in [0.1, 0.15) is 0 Å². The van der Waals surface area contributed by atoms with Crippen molar-refractivity contribution < 1.29 is 4.79 Å². The molecule has 9 heteroatoms. The van der Waals surface area contributed by atoms with Crippen LogP contribution in [0.4, 0.5) is 0 Å². The summed E-state index contributed by atoms with van der Waals surface area (Å²) in [6.45, 7) is 5.85. The van der Waals surface area contributed by atoms with Gasteiger partial charge in [0.2, 0.25) is 0 Å². The number of aryl methyl sites for hydroxylation is 2. The molecule has 0 saturated heterocycles. The lowest BCUT2D eigenvalue weighted by Gasteiger charge is -2.11. The topological polar surface area (TPSA) is 72.2 Å². The van der Waals surface area contributed by atoms with E-state index in [2.05, 4.69) is 20.7 Å². The first-order valence-corrected chi connectivity index (χ1v) is 12.6. The molecule has 3 aromatic carbocycles. The average Bonchev–Trinajstić information content (AvgIpc) is 3.26. The van der Waals surface area contributed by atoms with E-state index in [4.69, 9.17) is 23.2 Å². The van der Waals surface area contributed by atoms with E-state index in [-0.39, 0.29) is 11.7 Å². The average molecular weight is 524 g/mol. The fourth-order valence-electron chi connectivity index (χ4n) is 3.33. The second-order valence-electron chi connectivity index (χ2n) is 7.99. The summed E-state index contributed by atoms with van der Waals surface area (Å²) in [5.41, 5.74) is 8.05. The molecule has 1 amide bonds. The number of carbonyl (C=O) groups excluding carboxylic acids is 1. The van der Waals surface area contributed by atoms with Gasteiger partial charge in [-0.3, -0.25) is 9.36 Å². The van der Waals surface area contributed by atoms with Crippen LogP contribution in [0.1, 0.15) is 23.6 Å². The second-order valence-corrected chi connectivity index (χ2v) is 9.77. The molecule has 1 heterocycles. The molecule has 1 N–H and O–H groups in total. The predicted octanol–water partition coefficient (Wildman–Crippen LogP) is 6.49. The van der Waals surface area contributed by atoms with Crippen LogP contribution < -0.4 is 5.43 Å². The van der Waals surface area contributed by atoms with E-state index < -0.39 is 0 Å². The molecule has 0 aliphatic carbocycles. The molecule has 0 aliphatic heterocycles. The molecule has 0 aliphatic rings. The van der Waals surface area contributed by atoms with E-state index in [1.807, 2.05) is 66.9 Å². The van der Waals surface area contributed by atoms with Crippen LogP contribution in [0.15, 0.2) is 77.0 Å². The highest BCUT2D eigenvalue weighted by atomic mass is 35.5. The third-order valence-electron chi connectivity index (χ3n) is 5.24. The predicted molar refractivity (Wildman–Crippen MR) is 144 cm³/mol. The number of hydrogen-bond acceptors (Lipinski definition) is 5. The Hall–Kier alpha value is -3.13. The van der Waals surface area contributed by atoms with Crippen LogP contribution in [-0.4, -0.2) is 32.1 Å². The van der Waals surface area contributed by atoms with E-state index in [0.717, 1.165) is 22.4 Å². The van der Waals surface area contributed by atoms with Crippen LogP contribution >= 0.6 is 35.0 Å². The van der Waals surface area contributed by atoms with E-state index in [1.165, 1.54) is 11.8 Å². The summed E-state index contributed by atoms with van der Waals surface area (Å²) >= 11 is 13.5. The van der Waals surface area contributed by atoms with Crippen LogP contribution in [0.5, 0.6) is 0 Å². The van der Waals surface area contributed by atoms with Crippen LogP contribution in [0.3, 0.4) is 0 Å². The van der Waals surface area contributed by atoms with Gasteiger partial charge in [0.25, 0.3) is 5.91 Å². The number of halogens is 2. The maximum absolute atomic E-state index is 12.5. The van der Waals surface area contributed by atoms with Gasteiger partial charge in [-0.05, 0) is 45.0 Å². The van der Waals surface area contributed by atoms with Gasteiger partial charge in [0, 0.05) is 21.8 Å². The summed E-state index contributed by atoms with van der Waals surface area (Å²) < 4.78 is 1.96. The van der Waals surface area contributed by atoms with Crippen molar-refractivity contribution in [1.29, 1.82) is 0 Å². The number of nitrogens with one attached hydrogen (secondary N) is 1. The number of thioether (sulfide) groups is 1. The number of rotatable bonds is 7. The Morgan fingerprint density at radius 3 is 2.29 bits per heavy atom. The monoisotopic (exact) mass is 523 g/mol. The Labute approximate surface area is 218 Å². The Morgan fingerprint density at radius 1 is 0.971 bits per heavy atom. The number of hydrazone groups is 1. The lowest BCUT2D eigenvalue weighted by Crippen LogP contribution is -2.21. The van der Waals surface area contributed by atoms with Gasteiger partial charge in [0.05, 0.1) is 16.5 Å². The van der Waals surface area contributed by atoms with E-state index in [1.54, 1.807) is 25.1 Å². The van der Waals surface area contributed by atoms with Gasteiger partial charge in [-0.15, -0.1) is 10.2 Å². The third-order valence-corrected chi connectivity index (χ3v) is 6.71. The molecule has 0 radical (unpaired) electrons. The zero-order chi connectivity index (χ0) is 24.9. The second kappa shape index (κ2) is 11.1. The number of nitrogens with zero attached hydrogens (tertiary/aromatic N) is 4. The summed E-state index contributed by atoms with van der Waals surface area (Å²) in [5, 5.41) is 14.6. The van der Waals surface area contributed by atoms with Gasteiger partial charge < -0.3 is 0 Å². The lowest BCUT2D eigenvalue weighted by molar-refractivity contribution is -0.118. The standard InChI is InChI=1S/C26H23Cl2N5OS/c1-16-4-8-19(9-5-16)25-31-32-26(33(25)21-11-6-17(2)7-12-21)35-15-24(34)30-29-18(3)22-13-10-20(27)14-23(22)28/h4-14H,15H2,1-3H3,(H,30,34). The first kappa shape index (κ1) is 25.0. The fraction of sp³-hybridized carbons (Fsp3) is 0.154. The molecule has 0 unspecified atom stereocenters. The highest BCUT2D eigenvalue weighted by Gasteiger charge is 2.17. The molecule has 0 fully saturated rings. The Balaban J connectivity index is 1.53. The van der Waals surface area contributed by atoms with E-state index in [9.17, 15) is 4.79 Å². The number of aromatic nitrogens is 3. The van der Waals surface area contributed by atoms with Crippen molar-refractivity contribution in [3.05, 3.63) is 93.5 Å². The normalized spacial score (nSPS) is 11.5. The lowest BCUT2D eigenvalue weighted by atomic mass is 10.1. The molecule has 4 aromatic rings. The first-order valence-electron chi connectivity index (χ1n) is 10.8. The minimum atomic E-state index is -0.269. The van der Waals surface area contributed by atoms with Crippen molar-refractivity contribution in [2.24, 2.45) is 5.10 Å². The molecule has 0 atom stereocenters. The van der Waals surface area contributed by atoms with Crippen molar-refractivity contribution in [2.75, 3.05) is 5.75 Å². The van der Waals surface area contributed by atoms with Crippen molar-refractivity contribution in [3.8, 4) is 17.1 Å². The largest absolute Gasteiger partial charge is 0.272 e. The number of benzene rings is 3. The smallest absolute Gasteiger partial charge is 0.250 e. The summed E-state index contributed by atoms with van der Waals surface area (Å²) in [6, 6.07) is 21.4. The van der Waals surface area contributed by atoms with Gasteiger partial charge in [-0.2, -0.15) is 5.10 Å². The molecule has 35 heavy (non-hydrogen) atoms. The number of amides is 1. The Kier molecular flexibility index (Phi) is 7.90. The third kappa shape index (κ3) is 6.11. The zero-order valence-corrected chi connectivity index (χ0v) is 21.7. The maximum Gasteiger partial charge on any atom is 0.250 e. The van der Waals surface area contributed by atoms with Crippen molar-refractivity contribution >= 4 is 46.6 Å². The minimum Gasteiger partial charge on any atom is -0.272 e. The van der Waals surface area contributed by atoms with E-state index in [0.29, 0.717) is 32.3 Å². The molecule has 0 saturated carbocycles. The molecular formula is C26H23Cl2N5OS. The summed E-state index contributed by atoms with van der Waals surface area (Å²) in [4.78, 5) is 12.5. The van der Waals surface area contributed by atoms with Crippen LogP contribution in [0.25, 0.3) is 17.1 Å². The maximum atomic E-state index is 12.5. The van der Waals surface area contributed by atoms with Crippen LogP contribution in [-0.2, 0) is 4.79 Å². The van der Waals surface area contributed by atoms with Gasteiger partial charge in [-0.25, -0.2) is 5.43 Å². The van der Waals surface area contributed by atoms with Gasteiger partial charge in [0.15, 0.2) is 11.0 Å². The fourth-order valence-corrected chi connectivity index (χ4v) is 4.62. The van der Waals surface area contributed by atoms with Crippen molar-refractivity contribution in [1.82, 2.24) is 20.2 Å².